The van der Waals surface area contributed by atoms with Crippen LogP contribution in [0.3, 0.4) is 0 Å². The van der Waals surface area contributed by atoms with Gasteiger partial charge in [0, 0.05) is 18.0 Å². The Hall–Kier alpha value is -3.64. The minimum Gasteiger partial charge on any atom is -0.508 e. The molecule has 1 N–H and O–H groups in total. The molecule has 8 nitrogen and oxygen atoms in total. The lowest BCUT2D eigenvalue weighted by molar-refractivity contribution is -0.274. The van der Waals surface area contributed by atoms with Crippen LogP contribution in [0.25, 0.3) is 0 Å². The van der Waals surface area contributed by atoms with Gasteiger partial charge in [-0.05, 0) is 67.6 Å². The van der Waals surface area contributed by atoms with E-state index in [9.17, 15) is 41.8 Å². The topological polar surface area (TPSA) is 104 Å². The Morgan fingerprint density at radius 1 is 1.00 bits per heavy atom. The average Bonchev–Trinajstić information content (AvgIpc) is 3.28. The normalized spacial score (nSPS) is 31.6. The molecule has 4 aliphatic rings. The number of nitrogens with zero attached hydrogens (tertiary/aromatic N) is 2. The van der Waals surface area contributed by atoms with Crippen LogP contribution in [-0.2, 0) is 19.2 Å². The van der Waals surface area contributed by atoms with E-state index in [0.717, 1.165) is 47.4 Å². The van der Waals surface area contributed by atoms with Crippen LogP contribution in [-0.4, -0.2) is 56.3 Å². The number of hydrogen-bond donors (Lipinski definition) is 1. The number of imide groups is 2. The minimum absolute atomic E-state index is 0.0450. The highest BCUT2D eigenvalue weighted by Crippen LogP contribution is 2.66. The Morgan fingerprint density at radius 2 is 1.68 bits per heavy atom. The van der Waals surface area contributed by atoms with Crippen molar-refractivity contribution in [1.82, 2.24) is 4.90 Å². The van der Waals surface area contributed by atoms with Crippen molar-refractivity contribution < 1.29 is 46.6 Å². The third-order valence-corrected chi connectivity index (χ3v) is 10.4. The Kier molecular flexibility index (Phi) is 7.04. The molecule has 1 saturated carbocycles. The lowest BCUT2D eigenvalue weighted by Crippen LogP contribution is -2.60. The van der Waals surface area contributed by atoms with Gasteiger partial charge in [-0.15, -0.1) is 36.4 Å². The maximum Gasteiger partial charge on any atom is 0.573 e. The number of halogens is 6. The van der Waals surface area contributed by atoms with Crippen LogP contribution < -0.4 is 9.64 Å². The fourth-order valence-corrected chi connectivity index (χ4v) is 8.14. The van der Waals surface area contributed by atoms with Gasteiger partial charge in [0.2, 0.25) is 11.8 Å². The van der Waals surface area contributed by atoms with Crippen molar-refractivity contribution in [3.63, 3.8) is 0 Å². The molecular weight excluding hydrogens is 631 g/mol. The molecule has 0 radical (unpaired) electrons. The number of phenols is 1. The lowest BCUT2D eigenvalue weighted by atomic mass is 9.56. The molecule has 232 valence electrons. The zero-order valence-corrected chi connectivity index (χ0v) is 24.4. The van der Waals surface area contributed by atoms with E-state index in [1.807, 2.05) is 0 Å². The number of carbonyl (C=O) groups excluding carboxylic acids is 4. The van der Waals surface area contributed by atoms with E-state index in [1.54, 1.807) is 13.0 Å². The number of carbonyl (C=O) groups is 4. The first-order valence-corrected chi connectivity index (χ1v) is 14.6. The molecule has 0 spiro atoms. The van der Waals surface area contributed by atoms with Gasteiger partial charge in [-0.3, -0.25) is 24.1 Å². The molecule has 44 heavy (non-hydrogen) atoms. The second-order valence-electron chi connectivity index (χ2n) is 11.3. The first-order chi connectivity index (χ1) is 20.6. The van der Waals surface area contributed by atoms with Gasteiger partial charge in [-0.25, -0.2) is 9.29 Å². The van der Waals surface area contributed by atoms with Crippen molar-refractivity contribution in [2.24, 2.45) is 17.8 Å². The van der Waals surface area contributed by atoms with Crippen LogP contribution in [0, 0.1) is 23.6 Å². The maximum absolute atomic E-state index is 14.3. The molecule has 6 rings (SSSR count). The van der Waals surface area contributed by atoms with Gasteiger partial charge < -0.3 is 9.84 Å². The van der Waals surface area contributed by atoms with Gasteiger partial charge in [0.15, 0.2) is 9.75 Å². The second kappa shape index (κ2) is 10.2. The monoisotopic (exact) mass is 654 g/mol. The van der Waals surface area contributed by atoms with Crippen LogP contribution >= 0.6 is 23.2 Å². The molecule has 6 atom stereocenters. The van der Waals surface area contributed by atoms with E-state index in [-0.39, 0.29) is 36.2 Å². The second-order valence-corrected chi connectivity index (χ2v) is 12.6. The summed E-state index contributed by atoms with van der Waals surface area (Å²) in [6.07, 6.45) is -3.35. The number of phenolic OH excluding ortho intramolecular Hbond substituents is 1. The highest BCUT2D eigenvalue weighted by Gasteiger charge is 2.77. The van der Waals surface area contributed by atoms with Crippen molar-refractivity contribution in [3.8, 4) is 11.5 Å². The number of fused-ring (bicyclic) bond motifs is 4. The number of hydrogen-bond acceptors (Lipinski definition) is 6. The van der Waals surface area contributed by atoms with Gasteiger partial charge in [0.1, 0.15) is 17.3 Å². The highest BCUT2D eigenvalue weighted by atomic mass is 35.5. The van der Waals surface area contributed by atoms with E-state index in [0.29, 0.717) is 11.3 Å². The fourth-order valence-electron chi connectivity index (χ4n) is 7.21. The van der Waals surface area contributed by atoms with Gasteiger partial charge in [0.25, 0.3) is 11.8 Å². The third kappa shape index (κ3) is 4.24. The Bertz CT molecular complexity index is 1630. The quantitative estimate of drug-likeness (QED) is 0.200. The van der Waals surface area contributed by atoms with Gasteiger partial charge in [0.05, 0.1) is 17.5 Å². The van der Waals surface area contributed by atoms with Crippen LogP contribution in [0.4, 0.5) is 23.2 Å². The molecule has 0 aromatic heterocycles. The molecule has 2 aromatic carbocycles. The Labute approximate surface area is 258 Å². The molecule has 2 aliphatic carbocycles. The van der Waals surface area contributed by atoms with Crippen LogP contribution in [0.5, 0.6) is 11.5 Å². The SMILES string of the molecule is CCCN1C(=O)C2CC=C3C(CC4(Cl)C(=O)N(c5ccc(F)cc5)C(=O)C4(Cl)C3c3cc(OC(F)(F)F)ccc3O)C2C1=O. The van der Waals surface area contributed by atoms with E-state index < -0.39 is 80.7 Å². The van der Waals surface area contributed by atoms with Crippen molar-refractivity contribution in [2.45, 2.75) is 48.2 Å². The Balaban J connectivity index is 1.57. The zero-order valence-electron chi connectivity index (χ0n) is 22.9. The summed E-state index contributed by atoms with van der Waals surface area (Å²) in [5, 5.41) is 11.0. The number of aromatic hydroxyl groups is 1. The summed E-state index contributed by atoms with van der Waals surface area (Å²) in [5.41, 5.74) is -0.0897. The van der Waals surface area contributed by atoms with Crippen molar-refractivity contribution in [2.75, 3.05) is 11.4 Å². The maximum atomic E-state index is 14.3. The highest BCUT2D eigenvalue weighted by molar-refractivity contribution is 6.58. The molecule has 2 aromatic rings. The number of alkyl halides is 5. The molecule has 4 amide bonds. The van der Waals surface area contributed by atoms with E-state index >= 15 is 0 Å². The van der Waals surface area contributed by atoms with Gasteiger partial charge in [-0.2, -0.15) is 0 Å². The first kappa shape index (κ1) is 30.4. The summed E-state index contributed by atoms with van der Waals surface area (Å²) in [4.78, 5) is 52.4. The number of ether oxygens (including phenoxy) is 1. The third-order valence-electron chi connectivity index (χ3n) is 8.98. The van der Waals surface area contributed by atoms with E-state index in [2.05, 4.69) is 4.74 Å². The Morgan fingerprint density at radius 3 is 2.32 bits per heavy atom. The number of rotatable bonds is 5. The minimum atomic E-state index is -5.10. The first-order valence-electron chi connectivity index (χ1n) is 13.8. The summed E-state index contributed by atoms with van der Waals surface area (Å²) >= 11 is 14.3. The standard InChI is InChI=1S/C30H24Cl2F4N2O6/c1-2-11-37-24(40)18-9-8-17-20(22(18)25(37)41)13-28(31)26(42)38(15-5-3-14(33)4-6-15)27(43)29(28,32)23(17)19-12-16(7-10-21(19)39)44-30(34,35)36/h3-8,10,12,18,20,22-23,39H,2,9,11,13H2,1H3. The molecule has 3 fully saturated rings. The summed E-state index contributed by atoms with van der Waals surface area (Å²) in [6.45, 7) is 1.96. The van der Waals surface area contributed by atoms with Crippen molar-refractivity contribution in [3.05, 3.63) is 65.5 Å². The largest absolute Gasteiger partial charge is 0.573 e. The van der Waals surface area contributed by atoms with Crippen LogP contribution in [0.15, 0.2) is 54.1 Å². The number of allylic oxidation sites excluding steroid dienone is 2. The van der Waals surface area contributed by atoms with E-state index in [1.165, 1.54) is 0 Å². The van der Waals surface area contributed by atoms with Gasteiger partial charge >= 0.3 is 6.36 Å². The number of amides is 4. The predicted molar refractivity (Wildman–Crippen MR) is 148 cm³/mol. The predicted octanol–water partition coefficient (Wildman–Crippen LogP) is 5.40. The summed E-state index contributed by atoms with van der Waals surface area (Å²) < 4.78 is 57.4. The molecule has 14 heteroatoms. The number of anilines is 1. The summed E-state index contributed by atoms with van der Waals surface area (Å²) in [5.74, 6) is -9.19. The molecule has 0 bridgehead atoms. The molecule has 2 saturated heterocycles. The average molecular weight is 655 g/mol. The molecular formula is C30H24Cl2F4N2O6. The van der Waals surface area contributed by atoms with E-state index in [4.69, 9.17) is 23.2 Å². The zero-order chi connectivity index (χ0) is 31.9. The van der Waals surface area contributed by atoms with Crippen molar-refractivity contribution >= 4 is 52.5 Å². The summed E-state index contributed by atoms with van der Waals surface area (Å²) in [7, 11) is 0. The van der Waals surface area contributed by atoms with Crippen LogP contribution in [0.2, 0.25) is 0 Å². The van der Waals surface area contributed by atoms with Gasteiger partial charge in [-0.1, -0.05) is 18.6 Å². The number of benzene rings is 2. The molecule has 2 aliphatic heterocycles. The number of likely N-dealkylation sites (tertiary alicyclic amines) is 1. The summed E-state index contributed by atoms with van der Waals surface area (Å²) in [6, 6.07) is 7.00. The smallest absolute Gasteiger partial charge is 0.508 e. The molecule has 6 unspecified atom stereocenters. The van der Waals surface area contributed by atoms with Crippen LogP contribution in [0.1, 0.15) is 37.7 Å². The fraction of sp³-hybridized carbons (Fsp3) is 0.400. The van der Waals surface area contributed by atoms with Crippen molar-refractivity contribution in [1.29, 1.82) is 0 Å². The lowest BCUT2D eigenvalue weighted by Gasteiger charge is -2.50. The molecule has 2 heterocycles.